The molecule has 0 aliphatic rings. The zero-order chi connectivity index (χ0) is 16.1. The minimum Gasteiger partial charge on any atom is -0.497 e. The molecule has 0 aliphatic heterocycles. The Morgan fingerprint density at radius 2 is 1.87 bits per heavy atom. The number of methoxy groups -OCH3 is 1. The molecule has 23 heavy (non-hydrogen) atoms. The van der Waals surface area contributed by atoms with Crippen LogP contribution in [0.2, 0.25) is 0 Å². The Bertz CT molecular complexity index is 794. The van der Waals surface area contributed by atoms with Crippen LogP contribution in [0.1, 0.15) is 16.1 Å². The van der Waals surface area contributed by atoms with E-state index in [2.05, 4.69) is 10.3 Å². The lowest BCUT2D eigenvalue weighted by Crippen LogP contribution is -2.23. The number of ether oxygens (including phenoxy) is 1. The van der Waals surface area contributed by atoms with E-state index in [1.807, 2.05) is 60.7 Å². The van der Waals surface area contributed by atoms with Gasteiger partial charge in [0.1, 0.15) is 11.4 Å². The van der Waals surface area contributed by atoms with Crippen molar-refractivity contribution in [2.24, 2.45) is 0 Å². The number of aromatic amines is 1. The van der Waals surface area contributed by atoms with E-state index in [1.165, 1.54) is 0 Å². The number of hydrogen-bond acceptors (Lipinski definition) is 2. The van der Waals surface area contributed by atoms with Crippen LogP contribution in [0.15, 0.2) is 66.7 Å². The van der Waals surface area contributed by atoms with Crippen molar-refractivity contribution >= 4 is 5.91 Å². The van der Waals surface area contributed by atoms with Crippen LogP contribution in [0, 0.1) is 0 Å². The third-order valence-electron chi connectivity index (χ3n) is 3.60. The van der Waals surface area contributed by atoms with Crippen molar-refractivity contribution in [1.29, 1.82) is 0 Å². The summed E-state index contributed by atoms with van der Waals surface area (Å²) < 4.78 is 5.18. The highest BCUT2D eigenvalue weighted by Gasteiger charge is 2.09. The summed E-state index contributed by atoms with van der Waals surface area (Å²) in [4.78, 5) is 15.4. The Kier molecular flexibility index (Phi) is 4.43. The maximum Gasteiger partial charge on any atom is 0.267 e. The molecule has 0 radical (unpaired) electrons. The molecule has 3 rings (SSSR count). The van der Waals surface area contributed by atoms with Gasteiger partial charge in [0.05, 0.1) is 7.11 Å². The monoisotopic (exact) mass is 306 g/mol. The fraction of sp³-hybridized carbons (Fsp3) is 0.105. The number of benzene rings is 2. The van der Waals surface area contributed by atoms with E-state index in [0.717, 1.165) is 22.6 Å². The number of aromatic nitrogens is 1. The summed E-state index contributed by atoms with van der Waals surface area (Å²) in [6.45, 7) is 0.454. The number of hydrogen-bond donors (Lipinski definition) is 2. The van der Waals surface area contributed by atoms with Gasteiger partial charge in [-0.25, -0.2) is 0 Å². The lowest BCUT2D eigenvalue weighted by Gasteiger charge is -2.06. The Morgan fingerprint density at radius 3 is 2.65 bits per heavy atom. The second-order valence-electron chi connectivity index (χ2n) is 5.19. The molecule has 0 spiro atoms. The standard InChI is InChI=1S/C19H18N2O2/c1-23-16-9-5-6-14(12-16)13-20-19(22)18-11-10-17(21-18)15-7-3-2-4-8-15/h2-12,21H,13H2,1H3,(H,20,22). The fourth-order valence-electron chi connectivity index (χ4n) is 2.37. The van der Waals surface area contributed by atoms with Gasteiger partial charge in [-0.1, -0.05) is 42.5 Å². The summed E-state index contributed by atoms with van der Waals surface area (Å²) in [6.07, 6.45) is 0. The van der Waals surface area contributed by atoms with Gasteiger partial charge in [0, 0.05) is 12.2 Å². The smallest absolute Gasteiger partial charge is 0.267 e. The average Bonchev–Trinajstić information content (AvgIpc) is 3.11. The van der Waals surface area contributed by atoms with Crippen LogP contribution < -0.4 is 10.1 Å². The largest absolute Gasteiger partial charge is 0.497 e. The summed E-state index contributed by atoms with van der Waals surface area (Å²) in [6, 6.07) is 21.3. The number of H-pyrrole nitrogens is 1. The minimum atomic E-state index is -0.130. The van der Waals surface area contributed by atoms with Gasteiger partial charge in [-0.2, -0.15) is 0 Å². The molecule has 4 heteroatoms. The number of carbonyl (C=O) groups is 1. The van der Waals surface area contributed by atoms with Crippen LogP contribution in [0.4, 0.5) is 0 Å². The summed E-state index contributed by atoms with van der Waals surface area (Å²) in [5.74, 6) is 0.651. The van der Waals surface area contributed by atoms with E-state index in [4.69, 9.17) is 4.74 Å². The minimum absolute atomic E-state index is 0.130. The van der Waals surface area contributed by atoms with E-state index in [-0.39, 0.29) is 5.91 Å². The lowest BCUT2D eigenvalue weighted by molar-refractivity contribution is 0.0946. The molecule has 4 nitrogen and oxygen atoms in total. The van der Waals surface area contributed by atoms with Crippen molar-refractivity contribution < 1.29 is 9.53 Å². The van der Waals surface area contributed by atoms with E-state index >= 15 is 0 Å². The summed E-state index contributed by atoms with van der Waals surface area (Å²) in [5.41, 5.74) is 3.52. The molecule has 0 aliphatic carbocycles. The molecular weight excluding hydrogens is 288 g/mol. The van der Waals surface area contributed by atoms with Crippen LogP contribution in [0.5, 0.6) is 5.75 Å². The Labute approximate surface area is 135 Å². The fourth-order valence-corrected chi connectivity index (χ4v) is 2.37. The summed E-state index contributed by atoms with van der Waals surface area (Å²) >= 11 is 0. The molecule has 0 unspecified atom stereocenters. The molecule has 0 bridgehead atoms. The highest BCUT2D eigenvalue weighted by molar-refractivity contribution is 5.93. The molecule has 1 heterocycles. The Hall–Kier alpha value is -3.01. The molecule has 0 fully saturated rings. The van der Waals surface area contributed by atoms with Gasteiger partial charge in [0.15, 0.2) is 0 Å². The predicted molar refractivity (Wildman–Crippen MR) is 90.4 cm³/mol. The van der Waals surface area contributed by atoms with Crippen molar-refractivity contribution in [3.05, 3.63) is 78.0 Å². The SMILES string of the molecule is COc1cccc(CNC(=O)c2ccc(-c3ccccc3)[nH]2)c1. The average molecular weight is 306 g/mol. The summed E-state index contributed by atoms with van der Waals surface area (Å²) in [7, 11) is 1.63. The van der Waals surface area contributed by atoms with Gasteiger partial charge >= 0.3 is 0 Å². The number of nitrogens with one attached hydrogen (secondary N) is 2. The van der Waals surface area contributed by atoms with Gasteiger partial charge in [0.2, 0.25) is 0 Å². The molecule has 0 atom stereocenters. The van der Waals surface area contributed by atoms with Crippen molar-refractivity contribution in [2.45, 2.75) is 6.54 Å². The lowest BCUT2D eigenvalue weighted by atomic mass is 10.2. The zero-order valence-corrected chi connectivity index (χ0v) is 12.9. The van der Waals surface area contributed by atoms with Gasteiger partial charge in [-0.05, 0) is 35.4 Å². The first-order chi connectivity index (χ1) is 11.3. The van der Waals surface area contributed by atoms with Crippen molar-refractivity contribution in [1.82, 2.24) is 10.3 Å². The molecular formula is C19H18N2O2. The van der Waals surface area contributed by atoms with Crippen molar-refractivity contribution in [3.8, 4) is 17.0 Å². The first kappa shape index (κ1) is 14.9. The van der Waals surface area contributed by atoms with Crippen molar-refractivity contribution in [2.75, 3.05) is 7.11 Å². The van der Waals surface area contributed by atoms with Crippen LogP contribution in [-0.2, 0) is 6.54 Å². The van der Waals surface area contributed by atoms with Crippen LogP contribution in [0.25, 0.3) is 11.3 Å². The number of amides is 1. The van der Waals surface area contributed by atoms with Gasteiger partial charge < -0.3 is 15.0 Å². The van der Waals surface area contributed by atoms with Crippen LogP contribution in [0.3, 0.4) is 0 Å². The molecule has 0 saturated heterocycles. The van der Waals surface area contributed by atoms with Crippen LogP contribution >= 0.6 is 0 Å². The van der Waals surface area contributed by atoms with E-state index in [0.29, 0.717) is 12.2 Å². The molecule has 1 aromatic heterocycles. The molecule has 3 aromatic rings. The third-order valence-corrected chi connectivity index (χ3v) is 3.60. The zero-order valence-electron chi connectivity index (χ0n) is 12.9. The second-order valence-corrected chi connectivity index (χ2v) is 5.19. The predicted octanol–water partition coefficient (Wildman–Crippen LogP) is 3.62. The first-order valence-corrected chi connectivity index (χ1v) is 7.42. The Morgan fingerprint density at radius 1 is 1.04 bits per heavy atom. The Balaban J connectivity index is 1.66. The maximum atomic E-state index is 12.2. The second kappa shape index (κ2) is 6.83. The number of rotatable bonds is 5. The van der Waals surface area contributed by atoms with Crippen LogP contribution in [-0.4, -0.2) is 18.0 Å². The third kappa shape index (κ3) is 3.61. The maximum absolute atomic E-state index is 12.2. The van der Waals surface area contributed by atoms with E-state index < -0.39 is 0 Å². The van der Waals surface area contributed by atoms with Gasteiger partial charge in [-0.15, -0.1) is 0 Å². The molecule has 1 amide bonds. The molecule has 116 valence electrons. The van der Waals surface area contributed by atoms with E-state index in [9.17, 15) is 4.79 Å². The first-order valence-electron chi connectivity index (χ1n) is 7.42. The highest BCUT2D eigenvalue weighted by Crippen LogP contribution is 2.18. The quantitative estimate of drug-likeness (QED) is 0.756. The van der Waals surface area contributed by atoms with Crippen molar-refractivity contribution in [3.63, 3.8) is 0 Å². The number of carbonyl (C=O) groups excluding carboxylic acids is 1. The molecule has 0 saturated carbocycles. The summed E-state index contributed by atoms with van der Waals surface area (Å²) in [5, 5.41) is 2.91. The van der Waals surface area contributed by atoms with E-state index in [1.54, 1.807) is 13.2 Å². The topological polar surface area (TPSA) is 54.1 Å². The normalized spacial score (nSPS) is 10.3. The molecule has 2 N–H and O–H groups in total. The van der Waals surface area contributed by atoms with Gasteiger partial charge in [0.25, 0.3) is 5.91 Å². The highest BCUT2D eigenvalue weighted by atomic mass is 16.5. The van der Waals surface area contributed by atoms with Gasteiger partial charge in [-0.3, -0.25) is 4.79 Å². The molecule has 2 aromatic carbocycles.